The Labute approximate surface area is 164 Å². The van der Waals surface area contributed by atoms with Gasteiger partial charge in [0.25, 0.3) is 5.56 Å². The summed E-state index contributed by atoms with van der Waals surface area (Å²) in [6.45, 7) is -0.249. The highest BCUT2D eigenvalue weighted by Gasteiger charge is 2.23. The van der Waals surface area contributed by atoms with E-state index in [4.69, 9.17) is 0 Å². The highest BCUT2D eigenvalue weighted by Crippen LogP contribution is 2.30. The van der Waals surface area contributed by atoms with Crippen LogP contribution in [0.4, 0.5) is 8.78 Å². The van der Waals surface area contributed by atoms with Gasteiger partial charge in [0.15, 0.2) is 5.65 Å². The molecule has 144 valence electrons. The van der Waals surface area contributed by atoms with Crippen LogP contribution in [0.5, 0.6) is 0 Å². The van der Waals surface area contributed by atoms with Crippen molar-refractivity contribution in [2.45, 2.75) is 12.6 Å². The fraction of sp³-hybridized carbons (Fsp3) is 0.136. The Bertz CT molecular complexity index is 1250. The summed E-state index contributed by atoms with van der Waals surface area (Å²) in [5, 5.41) is 3.51. The third kappa shape index (κ3) is 3.04. The first-order valence-electron chi connectivity index (χ1n) is 9.21. The number of allylic oxidation sites excluding steroid dienone is 2. The topological polar surface area (TPSA) is 59.8 Å². The van der Waals surface area contributed by atoms with Gasteiger partial charge in [-0.25, -0.2) is 18.7 Å². The van der Waals surface area contributed by atoms with E-state index in [1.807, 2.05) is 30.5 Å². The van der Waals surface area contributed by atoms with Crippen molar-refractivity contribution in [1.29, 1.82) is 0 Å². The van der Waals surface area contributed by atoms with Gasteiger partial charge in [-0.15, -0.1) is 0 Å². The van der Waals surface area contributed by atoms with Crippen LogP contribution in [-0.4, -0.2) is 20.6 Å². The molecule has 1 N–H and O–H groups in total. The van der Waals surface area contributed by atoms with E-state index in [1.165, 1.54) is 29.2 Å². The van der Waals surface area contributed by atoms with Crippen LogP contribution >= 0.6 is 0 Å². The Kier molecular flexibility index (Phi) is 4.08. The summed E-state index contributed by atoms with van der Waals surface area (Å²) in [6, 6.07) is 6.02. The molecular weight excluding hydrogens is 374 g/mol. The lowest BCUT2D eigenvalue weighted by atomic mass is 9.90. The molecule has 0 radical (unpaired) electrons. The Morgan fingerprint density at radius 3 is 2.79 bits per heavy atom. The van der Waals surface area contributed by atoms with Gasteiger partial charge in [0.2, 0.25) is 0 Å². The summed E-state index contributed by atoms with van der Waals surface area (Å²) in [5.41, 5.74) is 0.957. The van der Waals surface area contributed by atoms with Crippen LogP contribution in [0.1, 0.15) is 11.1 Å². The van der Waals surface area contributed by atoms with Gasteiger partial charge in [-0.2, -0.15) is 0 Å². The molecule has 3 aromatic rings. The average Bonchev–Trinajstić information content (AvgIpc) is 3.20. The third-order valence-corrected chi connectivity index (χ3v) is 5.28. The fourth-order valence-electron chi connectivity index (χ4n) is 3.72. The number of aromatic nitrogens is 3. The lowest BCUT2D eigenvalue weighted by Gasteiger charge is -2.19. The zero-order valence-corrected chi connectivity index (χ0v) is 15.2. The second-order valence-electron chi connectivity index (χ2n) is 7.08. The fourth-order valence-corrected chi connectivity index (χ4v) is 3.72. The van der Waals surface area contributed by atoms with Gasteiger partial charge < -0.3 is 5.32 Å². The van der Waals surface area contributed by atoms with Crippen molar-refractivity contribution in [3.05, 3.63) is 100 Å². The number of rotatable bonds is 3. The lowest BCUT2D eigenvalue weighted by molar-refractivity contribution is 0.540. The minimum absolute atomic E-state index is 0.164. The summed E-state index contributed by atoms with van der Waals surface area (Å²) in [4.78, 5) is 20.7. The van der Waals surface area contributed by atoms with Crippen molar-refractivity contribution in [2.24, 2.45) is 5.92 Å². The van der Waals surface area contributed by atoms with E-state index in [9.17, 15) is 13.6 Å². The summed E-state index contributed by atoms with van der Waals surface area (Å²) in [6.07, 6.45) is 12.5. The standard InChI is InChI=1S/C22H16F2N4O/c23-18-9-15(13-3-4-20-14(8-13)5-7-25-20)10-19(24)17(18)11-28-12-27-21-16(22(28)29)2-1-6-26-21/h1-10,12,14,20,25H,11H2. The van der Waals surface area contributed by atoms with Crippen LogP contribution in [0.3, 0.4) is 0 Å². The largest absolute Gasteiger partial charge is 0.384 e. The van der Waals surface area contributed by atoms with Crippen LogP contribution in [-0.2, 0) is 6.54 Å². The van der Waals surface area contributed by atoms with Crippen molar-refractivity contribution in [2.75, 3.05) is 0 Å². The maximum Gasteiger partial charge on any atom is 0.263 e. The zero-order valence-electron chi connectivity index (χ0n) is 15.2. The molecule has 1 aromatic carbocycles. The van der Waals surface area contributed by atoms with E-state index in [0.717, 1.165) is 5.57 Å². The van der Waals surface area contributed by atoms with Gasteiger partial charge >= 0.3 is 0 Å². The molecular formula is C22H16F2N4O. The molecule has 5 rings (SSSR count). The Hall–Kier alpha value is -3.61. The summed E-state index contributed by atoms with van der Waals surface area (Å²) in [7, 11) is 0. The van der Waals surface area contributed by atoms with Crippen molar-refractivity contribution < 1.29 is 8.78 Å². The number of hydrogen-bond acceptors (Lipinski definition) is 4. The molecule has 29 heavy (non-hydrogen) atoms. The molecule has 1 aliphatic carbocycles. The Morgan fingerprint density at radius 2 is 1.97 bits per heavy atom. The van der Waals surface area contributed by atoms with E-state index in [2.05, 4.69) is 15.3 Å². The number of benzene rings is 1. The Balaban J connectivity index is 1.50. The second-order valence-corrected chi connectivity index (χ2v) is 7.08. The van der Waals surface area contributed by atoms with Gasteiger partial charge in [-0.3, -0.25) is 9.36 Å². The third-order valence-electron chi connectivity index (χ3n) is 5.28. The molecule has 0 saturated heterocycles. The number of nitrogens with zero attached hydrogens (tertiary/aromatic N) is 3. The summed E-state index contributed by atoms with van der Waals surface area (Å²) < 4.78 is 30.8. The van der Waals surface area contributed by atoms with Crippen molar-refractivity contribution in [3.63, 3.8) is 0 Å². The molecule has 3 heterocycles. The molecule has 2 aliphatic rings. The highest BCUT2D eigenvalue weighted by molar-refractivity contribution is 5.76. The number of nitrogens with one attached hydrogen (secondary N) is 1. The van der Waals surface area contributed by atoms with E-state index in [1.54, 1.807) is 12.1 Å². The maximum absolute atomic E-state index is 14.8. The van der Waals surface area contributed by atoms with Crippen molar-refractivity contribution in [1.82, 2.24) is 19.9 Å². The van der Waals surface area contributed by atoms with E-state index >= 15 is 0 Å². The van der Waals surface area contributed by atoms with E-state index in [0.29, 0.717) is 16.6 Å². The molecule has 2 aromatic heterocycles. The van der Waals surface area contributed by atoms with Gasteiger partial charge in [-0.05, 0) is 41.6 Å². The second kappa shape index (κ2) is 6.77. The minimum atomic E-state index is -0.699. The summed E-state index contributed by atoms with van der Waals surface area (Å²) >= 11 is 0. The van der Waals surface area contributed by atoms with Gasteiger partial charge in [-0.1, -0.05) is 24.3 Å². The number of hydrogen-bond donors (Lipinski definition) is 1. The summed E-state index contributed by atoms with van der Waals surface area (Å²) in [5.74, 6) is -1.24. The SMILES string of the molecule is O=c1c2cccnc2ncn1Cc1c(F)cc(C2=CC3C=CNC3C=C2)cc1F. The Morgan fingerprint density at radius 1 is 1.14 bits per heavy atom. The first kappa shape index (κ1) is 17.5. The normalized spacial score (nSPS) is 19.9. The zero-order chi connectivity index (χ0) is 20.0. The molecule has 2 atom stereocenters. The predicted octanol–water partition coefficient (Wildman–Crippen LogP) is 3.17. The molecule has 2 unspecified atom stereocenters. The van der Waals surface area contributed by atoms with Crippen LogP contribution in [0.2, 0.25) is 0 Å². The van der Waals surface area contributed by atoms with E-state index < -0.39 is 17.2 Å². The number of pyridine rings is 1. The molecule has 0 spiro atoms. The van der Waals surface area contributed by atoms with Gasteiger partial charge in [0, 0.05) is 17.7 Å². The number of fused-ring (bicyclic) bond motifs is 2. The monoisotopic (exact) mass is 390 g/mol. The van der Waals surface area contributed by atoms with Crippen LogP contribution in [0.15, 0.2) is 72.1 Å². The van der Waals surface area contributed by atoms with Crippen LogP contribution in [0.25, 0.3) is 16.6 Å². The van der Waals surface area contributed by atoms with E-state index in [-0.39, 0.29) is 24.1 Å². The molecule has 7 heteroatoms. The van der Waals surface area contributed by atoms with Gasteiger partial charge in [0.1, 0.15) is 18.0 Å². The quantitative estimate of drug-likeness (QED) is 0.746. The lowest BCUT2D eigenvalue weighted by Crippen LogP contribution is -2.24. The molecule has 0 saturated carbocycles. The predicted molar refractivity (Wildman–Crippen MR) is 106 cm³/mol. The molecule has 0 fully saturated rings. The minimum Gasteiger partial charge on any atom is -0.384 e. The maximum atomic E-state index is 14.8. The smallest absolute Gasteiger partial charge is 0.263 e. The molecule has 5 nitrogen and oxygen atoms in total. The van der Waals surface area contributed by atoms with Crippen LogP contribution in [0, 0.1) is 17.6 Å². The molecule has 1 aliphatic heterocycles. The van der Waals surface area contributed by atoms with Crippen molar-refractivity contribution in [3.8, 4) is 0 Å². The highest BCUT2D eigenvalue weighted by atomic mass is 19.1. The number of halogens is 2. The van der Waals surface area contributed by atoms with Crippen molar-refractivity contribution >= 4 is 16.6 Å². The molecule has 0 bridgehead atoms. The molecule has 0 amide bonds. The first-order valence-corrected chi connectivity index (χ1v) is 9.21. The van der Waals surface area contributed by atoms with Crippen LogP contribution < -0.4 is 10.9 Å². The first-order chi connectivity index (χ1) is 14.1. The average molecular weight is 390 g/mol. The van der Waals surface area contributed by atoms with Gasteiger partial charge in [0.05, 0.1) is 18.0 Å².